The van der Waals surface area contributed by atoms with E-state index in [1.807, 2.05) is 18.2 Å². The van der Waals surface area contributed by atoms with Crippen molar-refractivity contribution in [3.05, 3.63) is 54.2 Å². The predicted molar refractivity (Wildman–Crippen MR) is 78.9 cm³/mol. The summed E-state index contributed by atoms with van der Waals surface area (Å²) in [5, 5.41) is 1.66. The van der Waals surface area contributed by atoms with Crippen LogP contribution in [0.4, 0.5) is 0 Å². The third-order valence-electron chi connectivity index (χ3n) is 3.07. The van der Waals surface area contributed by atoms with Crippen molar-refractivity contribution in [2.75, 3.05) is 7.05 Å². The molecular formula is C16H14N2O. The van der Waals surface area contributed by atoms with E-state index >= 15 is 0 Å². The van der Waals surface area contributed by atoms with E-state index in [0.29, 0.717) is 17.0 Å². The summed E-state index contributed by atoms with van der Waals surface area (Å²) in [5.41, 5.74) is 2.49. The first-order chi connectivity index (χ1) is 10.5. The average molecular weight is 253 g/mol. The zero-order valence-corrected chi connectivity index (χ0v) is 10.5. The van der Waals surface area contributed by atoms with Crippen molar-refractivity contribution >= 4 is 27.8 Å². The Morgan fingerprint density at radius 1 is 1.37 bits per heavy atom. The summed E-state index contributed by atoms with van der Waals surface area (Å²) in [4.78, 5) is 8.32. The molecule has 3 nitrogen and oxygen atoms in total. The van der Waals surface area contributed by atoms with Crippen LogP contribution in [0.25, 0.3) is 22.1 Å². The van der Waals surface area contributed by atoms with Crippen molar-refractivity contribution < 1.29 is 8.53 Å². The number of hydrogen-bond acceptors (Lipinski definition) is 3. The highest BCUT2D eigenvalue weighted by atomic mass is 16.3. The van der Waals surface area contributed by atoms with Crippen molar-refractivity contribution in [2.45, 2.75) is 6.85 Å². The molecule has 0 saturated carbocycles. The van der Waals surface area contributed by atoms with Crippen molar-refractivity contribution in [3.8, 4) is 0 Å². The standard InChI is InChI=1S/C16H14N2O/c1-4-14(17-3)13-7-5-6-11-12-9-8-10(2)18-16(12)19-15(11)13/h4-9H,1H2,2-3H3/i2D3. The van der Waals surface area contributed by atoms with Gasteiger partial charge >= 0.3 is 0 Å². The molecule has 0 bridgehead atoms. The molecule has 2 heterocycles. The molecular weight excluding hydrogens is 236 g/mol. The van der Waals surface area contributed by atoms with E-state index < -0.39 is 6.85 Å². The summed E-state index contributed by atoms with van der Waals surface area (Å²) in [5.74, 6) is 0. The van der Waals surface area contributed by atoms with Crippen LogP contribution in [0.3, 0.4) is 0 Å². The lowest BCUT2D eigenvalue weighted by Crippen LogP contribution is -1.95. The number of fused-ring (bicyclic) bond motifs is 3. The molecule has 3 aromatic rings. The molecule has 0 N–H and O–H groups in total. The molecule has 3 heteroatoms. The number of aromatic nitrogens is 1. The van der Waals surface area contributed by atoms with E-state index in [2.05, 4.69) is 16.6 Å². The van der Waals surface area contributed by atoms with Gasteiger partial charge in [-0.3, -0.25) is 4.99 Å². The van der Waals surface area contributed by atoms with Crippen molar-refractivity contribution in [3.63, 3.8) is 0 Å². The fourth-order valence-corrected chi connectivity index (χ4v) is 2.20. The first-order valence-electron chi connectivity index (χ1n) is 7.38. The third-order valence-corrected chi connectivity index (χ3v) is 3.07. The lowest BCUT2D eigenvalue weighted by molar-refractivity contribution is 0.652. The largest absolute Gasteiger partial charge is 0.437 e. The van der Waals surface area contributed by atoms with Gasteiger partial charge < -0.3 is 4.42 Å². The first kappa shape index (κ1) is 8.64. The molecule has 0 aliphatic rings. The lowest BCUT2D eigenvalue weighted by atomic mass is 10.1. The number of allylic oxidation sites excluding steroid dienone is 1. The van der Waals surface area contributed by atoms with Crippen LogP contribution in [0.15, 0.2) is 52.4 Å². The normalized spacial score (nSPS) is 15.2. The number of furan rings is 1. The molecule has 2 aromatic heterocycles. The van der Waals surface area contributed by atoms with E-state index in [0.717, 1.165) is 16.3 Å². The summed E-state index contributed by atoms with van der Waals surface area (Å²) < 4.78 is 28.2. The van der Waals surface area contributed by atoms with Gasteiger partial charge in [-0.15, -0.1) is 0 Å². The third kappa shape index (κ3) is 1.74. The fraction of sp³-hybridized carbons (Fsp3) is 0.125. The Labute approximate surface area is 115 Å². The van der Waals surface area contributed by atoms with Crippen LogP contribution in [0.1, 0.15) is 15.4 Å². The van der Waals surface area contributed by atoms with Crippen LogP contribution in [0, 0.1) is 6.85 Å². The molecule has 94 valence electrons. The second-order valence-electron chi connectivity index (χ2n) is 4.15. The van der Waals surface area contributed by atoms with Crippen LogP contribution in [-0.2, 0) is 0 Å². The summed E-state index contributed by atoms with van der Waals surface area (Å²) in [6.07, 6.45) is 1.66. The smallest absolute Gasteiger partial charge is 0.227 e. The number of para-hydroxylation sites is 1. The Morgan fingerprint density at radius 2 is 2.26 bits per heavy atom. The van der Waals surface area contributed by atoms with Gasteiger partial charge in [-0.05, 0) is 31.1 Å². The van der Waals surface area contributed by atoms with Gasteiger partial charge in [0.2, 0.25) is 5.71 Å². The molecule has 0 amide bonds. The number of pyridine rings is 1. The van der Waals surface area contributed by atoms with Gasteiger partial charge in [0.25, 0.3) is 0 Å². The molecule has 1 aromatic carbocycles. The molecule has 0 radical (unpaired) electrons. The Kier molecular flexibility index (Phi) is 1.98. The maximum absolute atomic E-state index is 7.45. The average Bonchev–Trinajstić information content (AvgIpc) is 2.86. The molecule has 0 aliphatic heterocycles. The molecule has 0 aliphatic carbocycles. The molecule has 3 rings (SSSR count). The molecule has 0 spiro atoms. The topological polar surface area (TPSA) is 38.4 Å². The molecule has 0 saturated heterocycles. The number of hydrogen-bond donors (Lipinski definition) is 0. The van der Waals surface area contributed by atoms with Crippen molar-refractivity contribution in [2.24, 2.45) is 4.99 Å². The second kappa shape index (κ2) is 4.35. The van der Waals surface area contributed by atoms with Crippen LogP contribution >= 0.6 is 0 Å². The maximum Gasteiger partial charge on any atom is 0.227 e. The van der Waals surface area contributed by atoms with Crippen LogP contribution in [-0.4, -0.2) is 17.7 Å². The minimum atomic E-state index is -2.26. The van der Waals surface area contributed by atoms with Crippen LogP contribution in [0.5, 0.6) is 0 Å². The number of benzene rings is 1. The molecule has 19 heavy (non-hydrogen) atoms. The highest BCUT2D eigenvalue weighted by Crippen LogP contribution is 2.30. The minimum absolute atomic E-state index is 0.0220. The van der Waals surface area contributed by atoms with Gasteiger partial charge in [-0.25, -0.2) is 4.98 Å². The number of rotatable bonds is 2. The Morgan fingerprint density at radius 3 is 3.00 bits per heavy atom. The van der Waals surface area contributed by atoms with Gasteiger partial charge in [0.05, 0.1) is 5.71 Å². The van der Waals surface area contributed by atoms with Crippen molar-refractivity contribution in [1.82, 2.24) is 4.98 Å². The van der Waals surface area contributed by atoms with Gasteiger partial charge in [-0.1, -0.05) is 18.7 Å². The van der Waals surface area contributed by atoms with E-state index in [-0.39, 0.29) is 5.69 Å². The van der Waals surface area contributed by atoms with E-state index in [4.69, 9.17) is 8.53 Å². The van der Waals surface area contributed by atoms with Gasteiger partial charge in [0.1, 0.15) is 5.58 Å². The zero-order valence-electron chi connectivity index (χ0n) is 13.5. The predicted octanol–water partition coefficient (Wildman–Crippen LogP) is 3.89. The number of aryl methyl sites for hydroxylation is 1. The Bertz CT molecular complexity index is 907. The summed E-state index contributed by atoms with van der Waals surface area (Å²) in [6.45, 7) is 1.50. The summed E-state index contributed by atoms with van der Waals surface area (Å²) in [7, 11) is 1.68. The van der Waals surface area contributed by atoms with Gasteiger partial charge in [-0.2, -0.15) is 0 Å². The first-order valence-corrected chi connectivity index (χ1v) is 5.88. The van der Waals surface area contributed by atoms with E-state index in [9.17, 15) is 0 Å². The zero-order chi connectivity index (χ0) is 15.9. The van der Waals surface area contributed by atoms with Crippen LogP contribution in [0.2, 0.25) is 0 Å². The Hall–Kier alpha value is -2.42. The van der Waals surface area contributed by atoms with Gasteiger partial charge in [0, 0.05) is 33.2 Å². The minimum Gasteiger partial charge on any atom is -0.437 e. The fourth-order valence-electron chi connectivity index (χ4n) is 2.20. The highest BCUT2D eigenvalue weighted by Gasteiger charge is 2.13. The highest BCUT2D eigenvalue weighted by molar-refractivity contribution is 6.18. The second-order valence-corrected chi connectivity index (χ2v) is 4.15. The maximum atomic E-state index is 7.45. The quantitative estimate of drug-likeness (QED) is 0.650. The van der Waals surface area contributed by atoms with Gasteiger partial charge in [0.15, 0.2) is 0 Å². The number of nitrogens with zero attached hydrogens (tertiary/aromatic N) is 2. The Balaban J connectivity index is 2.34. The van der Waals surface area contributed by atoms with Crippen LogP contribution < -0.4 is 0 Å². The molecule has 0 fully saturated rings. The van der Waals surface area contributed by atoms with E-state index in [1.165, 1.54) is 6.07 Å². The molecule has 0 unspecified atom stereocenters. The SMILES string of the molecule is [2H]C([2H])([2H])c1ccc2c(n1)oc1c(C(C=C)=NC)cccc12. The summed E-state index contributed by atoms with van der Waals surface area (Å²) >= 11 is 0. The van der Waals surface area contributed by atoms with Crippen molar-refractivity contribution in [1.29, 1.82) is 0 Å². The summed E-state index contributed by atoms with van der Waals surface area (Å²) in [6, 6.07) is 8.95. The molecule has 0 atom stereocenters. The number of aliphatic imine (C=N–C) groups is 1. The monoisotopic (exact) mass is 253 g/mol. The lowest BCUT2D eigenvalue weighted by Gasteiger charge is -2.00. The van der Waals surface area contributed by atoms with E-state index in [1.54, 1.807) is 19.2 Å².